The van der Waals surface area contributed by atoms with Crippen molar-refractivity contribution in [2.45, 2.75) is 32.4 Å². The first kappa shape index (κ1) is 14.0. The van der Waals surface area contributed by atoms with E-state index in [9.17, 15) is 4.39 Å². The Kier molecular flexibility index (Phi) is 4.50. The second kappa shape index (κ2) is 6.12. The second-order valence-electron chi connectivity index (χ2n) is 4.64. The number of hydrogen-bond donors (Lipinski definition) is 1. The lowest BCUT2D eigenvalue weighted by atomic mass is 10.2. The maximum Gasteiger partial charge on any atom is 0.126 e. The lowest BCUT2D eigenvalue weighted by Gasteiger charge is -2.13. The van der Waals surface area contributed by atoms with E-state index in [0.29, 0.717) is 18.5 Å². The standard InChI is InChI=1S/C14H20FN3O/c1-3-7-18-13-5-4-10(15)9-12(13)17-14(18)11(16)6-8-19-2/h4-5,9,11H,3,6-8,16H2,1-2H3. The number of ether oxygens (including phenoxy) is 1. The molecule has 0 spiro atoms. The number of imidazole rings is 1. The number of halogens is 1. The summed E-state index contributed by atoms with van der Waals surface area (Å²) in [5.74, 6) is 0.533. The lowest BCUT2D eigenvalue weighted by molar-refractivity contribution is 0.186. The first-order chi connectivity index (χ1) is 9.17. The van der Waals surface area contributed by atoms with Crippen molar-refractivity contribution in [1.29, 1.82) is 0 Å². The molecular formula is C14H20FN3O. The van der Waals surface area contributed by atoms with Gasteiger partial charge < -0.3 is 15.0 Å². The molecule has 2 rings (SSSR count). The molecular weight excluding hydrogens is 245 g/mol. The number of rotatable bonds is 6. The minimum atomic E-state index is -0.273. The van der Waals surface area contributed by atoms with Crippen molar-refractivity contribution in [2.75, 3.05) is 13.7 Å². The molecule has 2 aromatic rings. The molecule has 0 fully saturated rings. The molecule has 0 aliphatic carbocycles. The van der Waals surface area contributed by atoms with Gasteiger partial charge in [-0.15, -0.1) is 0 Å². The molecule has 1 unspecified atom stereocenters. The quantitative estimate of drug-likeness (QED) is 0.873. The summed E-state index contributed by atoms with van der Waals surface area (Å²) in [5, 5.41) is 0. The number of methoxy groups -OCH3 is 1. The Hall–Kier alpha value is -1.46. The first-order valence-electron chi connectivity index (χ1n) is 6.57. The lowest BCUT2D eigenvalue weighted by Crippen LogP contribution is -2.18. The number of hydrogen-bond acceptors (Lipinski definition) is 3. The van der Waals surface area contributed by atoms with Gasteiger partial charge in [0.05, 0.1) is 17.1 Å². The smallest absolute Gasteiger partial charge is 0.126 e. The monoisotopic (exact) mass is 265 g/mol. The van der Waals surface area contributed by atoms with Crippen LogP contribution in [-0.4, -0.2) is 23.3 Å². The Morgan fingerprint density at radius 3 is 2.95 bits per heavy atom. The summed E-state index contributed by atoms with van der Waals surface area (Å²) in [4.78, 5) is 4.49. The third-order valence-electron chi connectivity index (χ3n) is 3.15. The summed E-state index contributed by atoms with van der Waals surface area (Å²) in [6.45, 7) is 3.52. The van der Waals surface area contributed by atoms with E-state index in [1.165, 1.54) is 12.1 Å². The second-order valence-corrected chi connectivity index (χ2v) is 4.64. The van der Waals surface area contributed by atoms with Crippen LogP contribution in [0.1, 0.15) is 31.6 Å². The highest BCUT2D eigenvalue weighted by molar-refractivity contribution is 5.76. The van der Waals surface area contributed by atoms with E-state index < -0.39 is 0 Å². The first-order valence-corrected chi connectivity index (χ1v) is 6.57. The number of aryl methyl sites for hydroxylation is 1. The summed E-state index contributed by atoms with van der Waals surface area (Å²) in [5.41, 5.74) is 7.76. The number of aromatic nitrogens is 2. The van der Waals surface area contributed by atoms with Gasteiger partial charge in [-0.05, 0) is 25.0 Å². The third-order valence-corrected chi connectivity index (χ3v) is 3.15. The maximum absolute atomic E-state index is 13.3. The average Bonchev–Trinajstić information content (AvgIpc) is 2.74. The molecule has 1 atom stereocenters. The Balaban J connectivity index is 2.43. The molecule has 1 aromatic heterocycles. The molecule has 1 heterocycles. The van der Waals surface area contributed by atoms with Crippen LogP contribution in [-0.2, 0) is 11.3 Å². The molecule has 104 valence electrons. The summed E-state index contributed by atoms with van der Waals surface area (Å²) >= 11 is 0. The van der Waals surface area contributed by atoms with E-state index in [1.807, 2.05) is 0 Å². The molecule has 0 aliphatic heterocycles. The Morgan fingerprint density at radius 1 is 1.47 bits per heavy atom. The minimum absolute atomic E-state index is 0.193. The van der Waals surface area contributed by atoms with Crippen molar-refractivity contribution in [3.8, 4) is 0 Å². The zero-order chi connectivity index (χ0) is 13.8. The Bertz CT molecular complexity index is 553. The van der Waals surface area contributed by atoms with Crippen LogP contribution >= 0.6 is 0 Å². The van der Waals surface area contributed by atoms with Gasteiger partial charge in [0.1, 0.15) is 11.6 Å². The van der Waals surface area contributed by atoms with Crippen molar-refractivity contribution >= 4 is 11.0 Å². The molecule has 0 amide bonds. The zero-order valence-electron chi connectivity index (χ0n) is 11.4. The SMILES string of the molecule is CCCn1c(C(N)CCOC)nc2cc(F)ccc21. The van der Waals surface area contributed by atoms with Gasteiger partial charge in [-0.1, -0.05) is 6.92 Å². The van der Waals surface area contributed by atoms with Crippen LogP contribution in [0.3, 0.4) is 0 Å². The van der Waals surface area contributed by atoms with E-state index in [-0.39, 0.29) is 11.9 Å². The van der Waals surface area contributed by atoms with E-state index in [1.54, 1.807) is 13.2 Å². The van der Waals surface area contributed by atoms with Crippen LogP contribution < -0.4 is 5.73 Å². The predicted octanol–water partition coefficient (Wildman–Crippen LogP) is 2.62. The molecule has 1 aromatic carbocycles. The fourth-order valence-corrected chi connectivity index (χ4v) is 2.24. The van der Waals surface area contributed by atoms with Gasteiger partial charge in [0, 0.05) is 26.3 Å². The van der Waals surface area contributed by atoms with Crippen LogP contribution in [0.25, 0.3) is 11.0 Å². The van der Waals surface area contributed by atoms with Gasteiger partial charge in [0.25, 0.3) is 0 Å². The fraction of sp³-hybridized carbons (Fsp3) is 0.500. The van der Waals surface area contributed by atoms with Gasteiger partial charge in [-0.25, -0.2) is 9.37 Å². The highest BCUT2D eigenvalue weighted by Gasteiger charge is 2.16. The molecule has 0 aliphatic rings. The van der Waals surface area contributed by atoms with E-state index >= 15 is 0 Å². The predicted molar refractivity (Wildman–Crippen MR) is 73.4 cm³/mol. The van der Waals surface area contributed by atoms with Crippen molar-refractivity contribution in [3.63, 3.8) is 0 Å². The Labute approximate surface area is 112 Å². The van der Waals surface area contributed by atoms with Crippen molar-refractivity contribution in [3.05, 3.63) is 29.8 Å². The van der Waals surface area contributed by atoms with Gasteiger partial charge in [0.2, 0.25) is 0 Å². The minimum Gasteiger partial charge on any atom is -0.385 e. The van der Waals surface area contributed by atoms with Crippen LogP contribution in [0, 0.1) is 5.82 Å². The number of nitrogens with zero attached hydrogens (tertiary/aromatic N) is 2. The summed E-state index contributed by atoms with van der Waals surface area (Å²) < 4.78 is 20.4. The topological polar surface area (TPSA) is 53.1 Å². The van der Waals surface area contributed by atoms with Crippen molar-refractivity contribution in [1.82, 2.24) is 9.55 Å². The third kappa shape index (κ3) is 2.93. The molecule has 0 saturated carbocycles. The van der Waals surface area contributed by atoms with Gasteiger partial charge in [-0.2, -0.15) is 0 Å². The number of nitrogens with two attached hydrogens (primary N) is 1. The average molecular weight is 265 g/mol. The van der Waals surface area contributed by atoms with E-state index in [2.05, 4.69) is 16.5 Å². The molecule has 2 N–H and O–H groups in total. The summed E-state index contributed by atoms with van der Waals surface area (Å²) in [6.07, 6.45) is 1.68. The largest absolute Gasteiger partial charge is 0.385 e. The van der Waals surface area contributed by atoms with Crippen LogP contribution in [0.4, 0.5) is 4.39 Å². The highest BCUT2D eigenvalue weighted by Crippen LogP contribution is 2.22. The molecule has 4 nitrogen and oxygen atoms in total. The van der Waals surface area contributed by atoms with Gasteiger partial charge >= 0.3 is 0 Å². The molecule has 19 heavy (non-hydrogen) atoms. The van der Waals surface area contributed by atoms with Crippen LogP contribution in [0.15, 0.2) is 18.2 Å². The molecule has 0 radical (unpaired) electrons. The fourth-order valence-electron chi connectivity index (χ4n) is 2.24. The molecule has 0 bridgehead atoms. The van der Waals surface area contributed by atoms with E-state index in [0.717, 1.165) is 24.3 Å². The van der Waals surface area contributed by atoms with Gasteiger partial charge in [-0.3, -0.25) is 0 Å². The van der Waals surface area contributed by atoms with Crippen LogP contribution in [0.5, 0.6) is 0 Å². The van der Waals surface area contributed by atoms with Crippen molar-refractivity contribution < 1.29 is 9.13 Å². The highest BCUT2D eigenvalue weighted by atomic mass is 19.1. The normalized spacial score (nSPS) is 13.1. The van der Waals surface area contributed by atoms with Gasteiger partial charge in [0.15, 0.2) is 0 Å². The Morgan fingerprint density at radius 2 is 2.26 bits per heavy atom. The van der Waals surface area contributed by atoms with E-state index in [4.69, 9.17) is 10.5 Å². The number of benzene rings is 1. The molecule has 0 saturated heterocycles. The zero-order valence-corrected chi connectivity index (χ0v) is 11.4. The summed E-state index contributed by atoms with van der Waals surface area (Å²) in [6, 6.07) is 4.48. The maximum atomic E-state index is 13.3. The van der Waals surface area contributed by atoms with Crippen molar-refractivity contribution in [2.24, 2.45) is 5.73 Å². The summed E-state index contributed by atoms with van der Waals surface area (Å²) in [7, 11) is 1.65. The molecule has 5 heteroatoms. The number of fused-ring (bicyclic) bond motifs is 1. The van der Waals surface area contributed by atoms with Crippen LogP contribution in [0.2, 0.25) is 0 Å².